The van der Waals surface area contributed by atoms with E-state index in [-0.39, 0.29) is 0 Å². The molecule has 18 heavy (non-hydrogen) atoms. The van der Waals surface area contributed by atoms with Crippen LogP contribution in [0.3, 0.4) is 0 Å². The summed E-state index contributed by atoms with van der Waals surface area (Å²) < 4.78 is 7.33. The Morgan fingerprint density at radius 3 is 2.89 bits per heavy atom. The van der Waals surface area contributed by atoms with Gasteiger partial charge in [-0.2, -0.15) is 0 Å². The van der Waals surface area contributed by atoms with Gasteiger partial charge in [-0.1, -0.05) is 11.6 Å². The van der Waals surface area contributed by atoms with Crippen molar-refractivity contribution in [1.29, 1.82) is 0 Å². The number of hydrogen-bond acceptors (Lipinski definition) is 3. The van der Waals surface area contributed by atoms with Crippen LogP contribution in [-0.2, 0) is 0 Å². The van der Waals surface area contributed by atoms with Crippen molar-refractivity contribution in [2.45, 2.75) is 13.8 Å². The van der Waals surface area contributed by atoms with Crippen molar-refractivity contribution < 1.29 is 4.74 Å². The number of halogens is 1. The minimum Gasteiger partial charge on any atom is -0.495 e. The second-order valence-corrected chi connectivity index (χ2v) is 4.33. The molecule has 0 spiro atoms. The molecule has 0 aliphatic heterocycles. The standard InChI is InChI=1S/C13H16ClN3O/c1-4-15-13-16-5-6-17(13)11-7-9(2)10(14)8-12(11)18-3/h5-8H,4H2,1-3H3,(H,15,16). The van der Waals surface area contributed by atoms with Gasteiger partial charge in [0.05, 0.1) is 12.8 Å². The molecule has 1 aromatic carbocycles. The second kappa shape index (κ2) is 5.31. The molecule has 1 heterocycles. The summed E-state index contributed by atoms with van der Waals surface area (Å²) in [5.74, 6) is 1.51. The van der Waals surface area contributed by atoms with Gasteiger partial charge in [0.25, 0.3) is 0 Å². The lowest BCUT2D eigenvalue weighted by Gasteiger charge is -2.14. The average molecular weight is 266 g/mol. The lowest BCUT2D eigenvalue weighted by atomic mass is 10.2. The number of nitrogens with one attached hydrogen (secondary N) is 1. The van der Waals surface area contributed by atoms with Crippen molar-refractivity contribution >= 4 is 17.5 Å². The molecule has 4 nitrogen and oxygen atoms in total. The van der Waals surface area contributed by atoms with Crippen LogP contribution >= 0.6 is 11.6 Å². The summed E-state index contributed by atoms with van der Waals surface area (Å²) in [6.07, 6.45) is 3.64. The Bertz CT molecular complexity index is 551. The van der Waals surface area contributed by atoms with Crippen LogP contribution in [0.4, 0.5) is 5.95 Å². The van der Waals surface area contributed by atoms with Crippen LogP contribution in [0.1, 0.15) is 12.5 Å². The fourth-order valence-corrected chi connectivity index (χ4v) is 1.94. The highest BCUT2D eigenvalue weighted by atomic mass is 35.5. The molecule has 0 fully saturated rings. The Hall–Kier alpha value is -1.68. The smallest absolute Gasteiger partial charge is 0.207 e. The molecule has 2 rings (SSSR count). The first-order valence-electron chi connectivity index (χ1n) is 5.79. The summed E-state index contributed by atoms with van der Waals surface area (Å²) >= 11 is 6.11. The second-order valence-electron chi connectivity index (χ2n) is 3.92. The summed E-state index contributed by atoms with van der Waals surface area (Å²) in [6, 6.07) is 3.81. The normalized spacial score (nSPS) is 10.4. The first kappa shape index (κ1) is 12.8. The zero-order chi connectivity index (χ0) is 13.1. The fraction of sp³-hybridized carbons (Fsp3) is 0.308. The minimum absolute atomic E-state index is 0.695. The zero-order valence-electron chi connectivity index (χ0n) is 10.7. The molecule has 0 bridgehead atoms. The predicted octanol–water partition coefficient (Wildman–Crippen LogP) is 3.27. The van der Waals surface area contributed by atoms with Gasteiger partial charge in [0.15, 0.2) is 0 Å². The first-order valence-corrected chi connectivity index (χ1v) is 6.17. The average Bonchev–Trinajstić information content (AvgIpc) is 2.80. The number of anilines is 1. The monoisotopic (exact) mass is 265 g/mol. The molecule has 0 aliphatic carbocycles. The van der Waals surface area contributed by atoms with Gasteiger partial charge in [-0.05, 0) is 25.5 Å². The third-order valence-electron chi connectivity index (χ3n) is 2.70. The molecule has 1 aromatic heterocycles. The lowest BCUT2D eigenvalue weighted by Crippen LogP contribution is -2.06. The topological polar surface area (TPSA) is 39.1 Å². The van der Waals surface area contributed by atoms with Crippen LogP contribution in [0.25, 0.3) is 5.69 Å². The van der Waals surface area contributed by atoms with E-state index in [4.69, 9.17) is 16.3 Å². The summed E-state index contributed by atoms with van der Waals surface area (Å²) in [7, 11) is 1.63. The van der Waals surface area contributed by atoms with Crippen LogP contribution < -0.4 is 10.1 Å². The maximum Gasteiger partial charge on any atom is 0.207 e. The van der Waals surface area contributed by atoms with E-state index in [9.17, 15) is 0 Å². The van der Waals surface area contributed by atoms with Gasteiger partial charge >= 0.3 is 0 Å². The molecular formula is C13H16ClN3O. The van der Waals surface area contributed by atoms with Gasteiger partial charge < -0.3 is 10.1 Å². The van der Waals surface area contributed by atoms with Crippen LogP contribution in [0.15, 0.2) is 24.5 Å². The number of methoxy groups -OCH3 is 1. The van der Waals surface area contributed by atoms with Crippen molar-refractivity contribution in [2.75, 3.05) is 19.0 Å². The van der Waals surface area contributed by atoms with Gasteiger partial charge in [-0.3, -0.25) is 4.57 Å². The molecule has 2 aromatic rings. The Labute approximate surface area is 112 Å². The van der Waals surface area contributed by atoms with Crippen molar-refractivity contribution in [3.63, 3.8) is 0 Å². The highest BCUT2D eigenvalue weighted by Crippen LogP contribution is 2.31. The van der Waals surface area contributed by atoms with Crippen LogP contribution in [0.2, 0.25) is 5.02 Å². The summed E-state index contributed by atoms with van der Waals surface area (Å²) in [5, 5.41) is 3.90. The molecule has 0 saturated heterocycles. The number of benzene rings is 1. The molecule has 0 aliphatic rings. The highest BCUT2D eigenvalue weighted by Gasteiger charge is 2.11. The van der Waals surface area contributed by atoms with E-state index in [1.807, 2.05) is 36.7 Å². The number of imidazole rings is 1. The third-order valence-corrected chi connectivity index (χ3v) is 3.10. The Morgan fingerprint density at radius 2 is 2.22 bits per heavy atom. The maximum atomic E-state index is 6.11. The highest BCUT2D eigenvalue weighted by molar-refractivity contribution is 6.31. The molecule has 0 atom stereocenters. The Kier molecular flexibility index (Phi) is 3.77. The molecule has 5 heteroatoms. The maximum absolute atomic E-state index is 6.11. The van der Waals surface area contributed by atoms with E-state index >= 15 is 0 Å². The van der Waals surface area contributed by atoms with E-state index in [2.05, 4.69) is 10.3 Å². The van der Waals surface area contributed by atoms with Crippen molar-refractivity contribution in [2.24, 2.45) is 0 Å². The van der Waals surface area contributed by atoms with Crippen LogP contribution in [-0.4, -0.2) is 23.2 Å². The van der Waals surface area contributed by atoms with Gasteiger partial charge in [-0.25, -0.2) is 4.98 Å². The van der Waals surface area contributed by atoms with Crippen LogP contribution in [0, 0.1) is 6.92 Å². The number of aryl methyl sites for hydroxylation is 1. The third kappa shape index (κ3) is 2.29. The van der Waals surface area contributed by atoms with Gasteiger partial charge in [-0.15, -0.1) is 0 Å². The van der Waals surface area contributed by atoms with Crippen LogP contribution in [0.5, 0.6) is 5.75 Å². The van der Waals surface area contributed by atoms with Crippen molar-refractivity contribution in [3.8, 4) is 11.4 Å². The number of nitrogens with zero attached hydrogens (tertiary/aromatic N) is 2. The Balaban J connectivity index is 2.55. The minimum atomic E-state index is 0.695. The van der Waals surface area contributed by atoms with Gasteiger partial charge in [0.2, 0.25) is 5.95 Å². The summed E-state index contributed by atoms with van der Waals surface area (Å²) in [5.41, 5.74) is 1.93. The number of aromatic nitrogens is 2. The molecule has 96 valence electrons. The van der Waals surface area contributed by atoms with Crippen molar-refractivity contribution in [3.05, 3.63) is 35.1 Å². The van der Waals surface area contributed by atoms with E-state index in [1.165, 1.54) is 0 Å². The summed E-state index contributed by atoms with van der Waals surface area (Å²) in [4.78, 5) is 4.27. The lowest BCUT2D eigenvalue weighted by molar-refractivity contribution is 0.413. The molecule has 0 saturated carbocycles. The molecular weight excluding hydrogens is 250 g/mol. The largest absolute Gasteiger partial charge is 0.495 e. The van der Waals surface area contributed by atoms with E-state index in [1.54, 1.807) is 13.3 Å². The fourth-order valence-electron chi connectivity index (χ4n) is 1.79. The van der Waals surface area contributed by atoms with E-state index in [0.29, 0.717) is 5.02 Å². The SMILES string of the molecule is CCNc1nccn1-c1cc(C)c(Cl)cc1OC. The van der Waals surface area contributed by atoms with Gasteiger partial charge in [0, 0.05) is 30.0 Å². The molecule has 0 amide bonds. The predicted molar refractivity (Wildman–Crippen MR) is 74.0 cm³/mol. The van der Waals surface area contributed by atoms with E-state index < -0.39 is 0 Å². The molecule has 0 radical (unpaired) electrons. The van der Waals surface area contributed by atoms with Gasteiger partial charge in [0.1, 0.15) is 5.75 Å². The number of ether oxygens (including phenoxy) is 1. The zero-order valence-corrected chi connectivity index (χ0v) is 11.5. The van der Waals surface area contributed by atoms with E-state index in [0.717, 1.165) is 29.5 Å². The number of rotatable bonds is 4. The Morgan fingerprint density at radius 1 is 1.44 bits per heavy atom. The molecule has 1 N–H and O–H groups in total. The van der Waals surface area contributed by atoms with Crippen molar-refractivity contribution in [1.82, 2.24) is 9.55 Å². The number of hydrogen-bond donors (Lipinski definition) is 1. The summed E-state index contributed by atoms with van der Waals surface area (Å²) in [6.45, 7) is 4.81. The first-order chi connectivity index (χ1) is 8.67. The molecule has 0 unspecified atom stereocenters. The quantitative estimate of drug-likeness (QED) is 0.922.